The van der Waals surface area contributed by atoms with Crippen LogP contribution in [0.2, 0.25) is 0 Å². The summed E-state index contributed by atoms with van der Waals surface area (Å²) in [6.45, 7) is 2.65. The Morgan fingerprint density at radius 3 is 2.70 bits per heavy atom. The Labute approximate surface area is 162 Å². The lowest BCUT2D eigenvalue weighted by Crippen LogP contribution is -2.18. The molecule has 1 aromatic carbocycles. The van der Waals surface area contributed by atoms with E-state index in [-0.39, 0.29) is 5.56 Å². The number of para-hydroxylation sites is 1. The molecule has 0 unspecified atom stereocenters. The van der Waals surface area contributed by atoms with E-state index in [1.165, 1.54) is 0 Å². The van der Waals surface area contributed by atoms with Crippen LogP contribution in [-0.2, 0) is 12.2 Å². The summed E-state index contributed by atoms with van der Waals surface area (Å²) >= 11 is 1.78. The number of hydrogen-bond donors (Lipinski definition) is 3. The first-order valence-corrected chi connectivity index (χ1v) is 9.92. The number of aryl methyl sites for hydroxylation is 1. The standard InChI is InChI=1S/C20H23N5OS/c1-14-6-7-15(11-23-14)10-17-12-24-20(25-19(17)26)22-8-9-27-13-16-4-2-3-5-18(16)21/h2-7,11-12H,8-10,13,21H2,1H3,(H2,22,24,25,26). The van der Waals surface area contributed by atoms with Crippen molar-refractivity contribution >= 4 is 23.4 Å². The van der Waals surface area contributed by atoms with Gasteiger partial charge in [0, 0.05) is 53.8 Å². The molecule has 2 heterocycles. The fourth-order valence-corrected chi connectivity index (χ4v) is 3.42. The summed E-state index contributed by atoms with van der Waals surface area (Å²) in [6.07, 6.45) is 3.93. The Kier molecular flexibility index (Phi) is 6.49. The molecule has 0 saturated heterocycles. The van der Waals surface area contributed by atoms with Crippen molar-refractivity contribution in [2.75, 3.05) is 23.3 Å². The molecule has 7 heteroatoms. The van der Waals surface area contributed by atoms with Gasteiger partial charge in [-0.15, -0.1) is 0 Å². The van der Waals surface area contributed by atoms with Crippen molar-refractivity contribution < 1.29 is 0 Å². The van der Waals surface area contributed by atoms with Crippen LogP contribution in [0.4, 0.5) is 11.6 Å². The summed E-state index contributed by atoms with van der Waals surface area (Å²) in [5.41, 5.74) is 10.3. The monoisotopic (exact) mass is 381 g/mol. The fraction of sp³-hybridized carbons (Fsp3) is 0.250. The number of nitrogen functional groups attached to an aromatic ring is 1. The van der Waals surface area contributed by atoms with Crippen LogP contribution in [0.15, 0.2) is 53.6 Å². The second-order valence-electron chi connectivity index (χ2n) is 6.25. The predicted molar refractivity (Wildman–Crippen MR) is 112 cm³/mol. The van der Waals surface area contributed by atoms with E-state index >= 15 is 0 Å². The number of pyridine rings is 1. The Morgan fingerprint density at radius 1 is 1.11 bits per heavy atom. The van der Waals surface area contributed by atoms with Crippen LogP contribution < -0.4 is 16.6 Å². The molecule has 0 aliphatic rings. The maximum atomic E-state index is 12.2. The summed E-state index contributed by atoms with van der Waals surface area (Å²) in [4.78, 5) is 23.6. The molecule has 3 aromatic rings. The molecule has 0 aliphatic carbocycles. The first kappa shape index (κ1) is 19.0. The lowest BCUT2D eigenvalue weighted by atomic mass is 10.1. The number of nitrogens with one attached hydrogen (secondary N) is 2. The lowest BCUT2D eigenvalue weighted by Gasteiger charge is -2.07. The molecule has 0 spiro atoms. The third-order valence-electron chi connectivity index (χ3n) is 4.09. The largest absolute Gasteiger partial charge is 0.398 e. The average Bonchev–Trinajstić information content (AvgIpc) is 2.67. The molecule has 6 nitrogen and oxygen atoms in total. The van der Waals surface area contributed by atoms with Crippen molar-refractivity contribution in [3.05, 3.63) is 81.5 Å². The van der Waals surface area contributed by atoms with Crippen molar-refractivity contribution in [3.63, 3.8) is 0 Å². The summed E-state index contributed by atoms with van der Waals surface area (Å²) in [7, 11) is 0. The number of H-pyrrole nitrogens is 1. The summed E-state index contributed by atoms with van der Waals surface area (Å²) < 4.78 is 0. The average molecular weight is 382 g/mol. The smallest absolute Gasteiger partial charge is 0.255 e. The van der Waals surface area contributed by atoms with Gasteiger partial charge in [0.25, 0.3) is 5.56 Å². The van der Waals surface area contributed by atoms with E-state index in [9.17, 15) is 4.79 Å². The van der Waals surface area contributed by atoms with E-state index in [4.69, 9.17) is 5.73 Å². The topological polar surface area (TPSA) is 96.7 Å². The third kappa shape index (κ3) is 5.59. The number of aromatic amines is 1. The minimum atomic E-state index is -0.127. The predicted octanol–water partition coefficient (Wildman–Crippen LogP) is 2.99. The zero-order chi connectivity index (χ0) is 19.1. The van der Waals surface area contributed by atoms with Crippen molar-refractivity contribution in [3.8, 4) is 0 Å². The van der Waals surface area contributed by atoms with Gasteiger partial charge in [-0.05, 0) is 30.2 Å². The molecule has 0 amide bonds. The van der Waals surface area contributed by atoms with Gasteiger partial charge in [-0.1, -0.05) is 24.3 Å². The van der Waals surface area contributed by atoms with Crippen molar-refractivity contribution in [1.82, 2.24) is 15.0 Å². The first-order valence-electron chi connectivity index (χ1n) is 8.76. The Morgan fingerprint density at radius 2 is 1.96 bits per heavy atom. The molecule has 0 fully saturated rings. The van der Waals surface area contributed by atoms with E-state index in [1.807, 2.05) is 43.3 Å². The van der Waals surface area contributed by atoms with Gasteiger partial charge in [-0.3, -0.25) is 14.8 Å². The van der Waals surface area contributed by atoms with Crippen LogP contribution >= 0.6 is 11.8 Å². The quantitative estimate of drug-likeness (QED) is 0.410. The van der Waals surface area contributed by atoms with Gasteiger partial charge in [-0.25, -0.2) is 4.98 Å². The molecular formula is C20H23N5OS. The van der Waals surface area contributed by atoms with Crippen LogP contribution in [-0.4, -0.2) is 27.2 Å². The maximum Gasteiger partial charge on any atom is 0.255 e. The highest BCUT2D eigenvalue weighted by Gasteiger charge is 2.05. The number of benzene rings is 1. The Hall–Kier alpha value is -2.80. The van der Waals surface area contributed by atoms with Crippen LogP contribution in [0.1, 0.15) is 22.4 Å². The minimum Gasteiger partial charge on any atom is -0.398 e. The van der Waals surface area contributed by atoms with Gasteiger partial charge in [0.2, 0.25) is 5.95 Å². The summed E-state index contributed by atoms with van der Waals surface area (Å²) in [5, 5.41) is 3.15. The second-order valence-corrected chi connectivity index (χ2v) is 7.35. The lowest BCUT2D eigenvalue weighted by molar-refractivity contribution is 0.999. The number of nitrogens with two attached hydrogens (primary N) is 1. The van der Waals surface area contributed by atoms with E-state index in [2.05, 4.69) is 20.3 Å². The number of nitrogens with zero attached hydrogens (tertiary/aromatic N) is 2. The van der Waals surface area contributed by atoms with Crippen LogP contribution in [0.25, 0.3) is 0 Å². The molecule has 4 N–H and O–H groups in total. The van der Waals surface area contributed by atoms with Crippen molar-refractivity contribution in [2.24, 2.45) is 0 Å². The van der Waals surface area contributed by atoms with E-state index in [0.29, 0.717) is 24.5 Å². The molecule has 27 heavy (non-hydrogen) atoms. The molecule has 3 rings (SSSR count). The summed E-state index contributed by atoms with van der Waals surface area (Å²) in [5.74, 6) is 2.24. The van der Waals surface area contributed by atoms with Crippen LogP contribution in [0.3, 0.4) is 0 Å². The maximum absolute atomic E-state index is 12.2. The molecule has 2 aromatic heterocycles. The number of hydrogen-bond acceptors (Lipinski definition) is 6. The van der Waals surface area contributed by atoms with Gasteiger partial charge in [0.05, 0.1) is 0 Å². The van der Waals surface area contributed by atoms with Gasteiger partial charge in [0.1, 0.15) is 0 Å². The summed E-state index contributed by atoms with van der Waals surface area (Å²) in [6, 6.07) is 11.8. The zero-order valence-corrected chi connectivity index (χ0v) is 16.1. The van der Waals surface area contributed by atoms with Gasteiger partial charge < -0.3 is 11.1 Å². The highest BCUT2D eigenvalue weighted by molar-refractivity contribution is 7.98. The third-order valence-corrected chi connectivity index (χ3v) is 5.10. The minimum absolute atomic E-state index is 0.127. The number of rotatable bonds is 8. The number of aromatic nitrogens is 3. The van der Waals surface area contributed by atoms with Gasteiger partial charge >= 0.3 is 0 Å². The Bertz CT molecular complexity index is 940. The van der Waals surface area contributed by atoms with Gasteiger partial charge in [0.15, 0.2) is 0 Å². The molecule has 0 radical (unpaired) electrons. The molecular weight excluding hydrogens is 358 g/mol. The number of thioether (sulfide) groups is 1. The molecule has 140 valence electrons. The Balaban J connectivity index is 1.47. The van der Waals surface area contributed by atoms with E-state index in [1.54, 1.807) is 24.2 Å². The number of anilines is 2. The molecule has 0 saturated carbocycles. The molecule has 0 atom stereocenters. The second kappa shape index (κ2) is 9.23. The fourth-order valence-electron chi connectivity index (χ4n) is 2.55. The normalized spacial score (nSPS) is 10.7. The first-order chi connectivity index (χ1) is 13.1. The molecule has 0 bridgehead atoms. The van der Waals surface area contributed by atoms with Crippen molar-refractivity contribution in [2.45, 2.75) is 19.1 Å². The van der Waals surface area contributed by atoms with E-state index in [0.717, 1.165) is 34.0 Å². The highest BCUT2D eigenvalue weighted by atomic mass is 32.2. The van der Waals surface area contributed by atoms with E-state index < -0.39 is 0 Å². The molecule has 0 aliphatic heterocycles. The zero-order valence-electron chi connectivity index (χ0n) is 15.2. The van der Waals surface area contributed by atoms with Crippen LogP contribution in [0.5, 0.6) is 0 Å². The van der Waals surface area contributed by atoms with Crippen molar-refractivity contribution in [1.29, 1.82) is 0 Å². The van der Waals surface area contributed by atoms with Crippen LogP contribution in [0, 0.1) is 6.92 Å². The highest BCUT2D eigenvalue weighted by Crippen LogP contribution is 2.17. The van der Waals surface area contributed by atoms with Gasteiger partial charge in [-0.2, -0.15) is 11.8 Å². The SMILES string of the molecule is Cc1ccc(Cc2cnc(NCCSCc3ccccc3N)[nH]c2=O)cn1.